The molecule has 10 heteroatoms. The second-order valence-corrected chi connectivity index (χ2v) is 9.95. The molecule has 2 amide bonds. The van der Waals surface area contributed by atoms with Crippen LogP contribution in [-0.2, 0) is 26.2 Å². The molecule has 1 N–H and O–H groups in total. The molecule has 0 spiro atoms. The van der Waals surface area contributed by atoms with Gasteiger partial charge in [-0.25, -0.2) is 8.42 Å². The molecular formula is C20H23BrClN3O4S. The fourth-order valence-corrected chi connectivity index (χ4v) is 4.11. The Kier molecular flexibility index (Phi) is 8.28. The van der Waals surface area contributed by atoms with E-state index in [1.54, 1.807) is 25.1 Å². The van der Waals surface area contributed by atoms with E-state index in [9.17, 15) is 18.0 Å². The summed E-state index contributed by atoms with van der Waals surface area (Å²) in [6.45, 7) is 1.28. The Labute approximate surface area is 190 Å². The first-order valence-electron chi connectivity index (χ1n) is 9.01. The van der Waals surface area contributed by atoms with Crippen molar-refractivity contribution in [2.75, 3.05) is 24.2 Å². The number of hydrogen-bond acceptors (Lipinski definition) is 4. The van der Waals surface area contributed by atoms with Crippen molar-refractivity contribution in [2.24, 2.45) is 0 Å². The third kappa shape index (κ3) is 6.45. The van der Waals surface area contributed by atoms with Crippen LogP contribution < -0.4 is 9.62 Å². The van der Waals surface area contributed by atoms with E-state index in [4.69, 9.17) is 11.6 Å². The third-order valence-electron chi connectivity index (χ3n) is 4.46. The zero-order valence-corrected chi connectivity index (χ0v) is 20.0. The second kappa shape index (κ2) is 10.3. The van der Waals surface area contributed by atoms with Gasteiger partial charge in [0.2, 0.25) is 21.8 Å². The van der Waals surface area contributed by atoms with Gasteiger partial charge < -0.3 is 10.2 Å². The zero-order valence-electron chi connectivity index (χ0n) is 16.8. The molecule has 0 fully saturated rings. The number of carbonyl (C=O) groups excluding carboxylic acids is 2. The molecule has 0 heterocycles. The maximum Gasteiger partial charge on any atom is 0.244 e. The highest BCUT2D eigenvalue weighted by Gasteiger charge is 2.29. The molecule has 0 aliphatic carbocycles. The molecule has 0 radical (unpaired) electrons. The van der Waals surface area contributed by atoms with Crippen LogP contribution in [0.25, 0.3) is 0 Å². The summed E-state index contributed by atoms with van der Waals surface area (Å²) in [4.78, 5) is 26.8. The number of amides is 2. The van der Waals surface area contributed by atoms with Gasteiger partial charge in [0.05, 0.1) is 11.9 Å². The Balaban J connectivity index is 2.36. The van der Waals surface area contributed by atoms with Gasteiger partial charge in [-0.3, -0.25) is 13.9 Å². The van der Waals surface area contributed by atoms with Crippen LogP contribution in [-0.4, -0.2) is 51.0 Å². The van der Waals surface area contributed by atoms with Gasteiger partial charge in [-0.05, 0) is 42.8 Å². The largest absolute Gasteiger partial charge is 0.357 e. The molecule has 162 valence electrons. The number of benzene rings is 2. The molecule has 2 rings (SSSR count). The summed E-state index contributed by atoms with van der Waals surface area (Å²) in [6.07, 6.45) is 1.02. The fraction of sp³-hybridized carbons (Fsp3) is 0.300. The van der Waals surface area contributed by atoms with E-state index in [-0.39, 0.29) is 18.1 Å². The van der Waals surface area contributed by atoms with Gasteiger partial charge in [-0.2, -0.15) is 0 Å². The van der Waals surface area contributed by atoms with Crippen LogP contribution in [0.1, 0.15) is 12.5 Å². The van der Waals surface area contributed by atoms with E-state index in [1.807, 2.05) is 24.3 Å². The van der Waals surface area contributed by atoms with E-state index in [1.165, 1.54) is 18.0 Å². The van der Waals surface area contributed by atoms with Crippen molar-refractivity contribution in [1.29, 1.82) is 0 Å². The molecule has 0 saturated carbocycles. The number of rotatable bonds is 8. The van der Waals surface area contributed by atoms with Crippen LogP contribution in [0.2, 0.25) is 5.02 Å². The van der Waals surface area contributed by atoms with Crippen molar-refractivity contribution in [3.8, 4) is 0 Å². The Bertz CT molecular complexity index is 1010. The summed E-state index contributed by atoms with van der Waals surface area (Å²) in [5.74, 6) is -0.867. The summed E-state index contributed by atoms with van der Waals surface area (Å²) in [7, 11) is -2.29. The number of sulfonamides is 1. The molecule has 7 nitrogen and oxygen atoms in total. The van der Waals surface area contributed by atoms with Crippen molar-refractivity contribution in [3.63, 3.8) is 0 Å². The highest BCUT2D eigenvalue weighted by atomic mass is 79.9. The Morgan fingerprint density at radius 1 is 1.17 bits per heavy atom. The van der Waals surface area contributed by atoms with Gasteiger partial charge in [0.25, 0.3) is 0 Å². The number of halogens is 2. The summed E-state index contributed by atoms with van der Waals surface area (Å²) in [6, 6.07) is 12.8. The Hall–Kier alpha value is -2.10. The molecule has 0 aromatic heterocycles. The summed E-state index contributed by atoms with van der Waals surface area (Å²) < 4.78 is 26.6. The SMILES string of the molecule is CNC(=O)[C@@H](C)N(Cc1ccc(Br)cc1)C(=O)CN(c1cccc(Cl)c1)S(C)(=O)=O. The second-order valence-electron chi connectivity index (χ2n) is 6.69. The van der Waals surface area contributed by atoms with Crippen molar-refractivity contribution < 1.29 is 18.0 Å². The number of likely N-dealkylation sites (N-methyl/N-ethyl adjacent to an activating group) is 1. The van der Waals surface area contributed by atoms with Gasteiger partial charge in [0.1, 0.15) is 12.6 Å². The van der Waals surface area contributed by atoms with Crippen LogP contribution in [0.15, 0.2) is 53.0 Å². The van der Waals surface area contributed by atoms with Crippen molar-refractivity contribution in [3.05, 3.63) is 63.6 Å². The predicted octanol–water partition coefficient (Wildman–Crippen LogP) is 3.03. The lowest BCUT2D eigenvalue weighted by molar-refractivity contribution is -0.139. The van der Waals surface area contributed by atoms with Gasteiger partial charge in [0, 0.05) is 23.1 Å². The molecule has 0 bridgehead atoms. The van der Waals surface area contributed by atoms with E-state index in [0.717, 1.165) is 20.6 Å². The average Bonchev–Trinajstić information content (AvgIpc) is 2.69. The monoisotopic (exact) mass is 515 g/mol. The summed E-state index contributed by atoms with van der Waals surface area (Å²) in [5.41, 5.74) is 1.07. The smallest absolute Gasteiger partial charge is 0.244 e. The van der Waals surface area contributed by atoms with Gasteiger partial charge in [-0.15, -0.1) is 0 Å². The average molecular weight is 517 g/mol. The Morgan fingerprint density at radius 3 is 2.33 bits per heavy atom. The standard InChI is InChI=1S/C20H23BrClN3O4S/c1-14(20(27)23-2)24(12-15-7-9-16(21)10-8-15)19(26)13-25(30(3,28)29)18-6-4-5-17(22)11-18/h4-11,14H,12-13H2,1-3H3,(H,23,27)/t14-/m1/s1. The quantitative estimate of drug-likeness (QED) is 0.584. The lowest BCUT2D eigenvalue weighted by atomic mass is 10.1. The fourth-order valence-electron chi connectivity index (χ4n) is 2.82. The number of hydrogen-bond donors (Lipinski definition) is 1. The van der Waals surface area contributed by atoms with Crippen molar-refractivity contribution in [1.82, 2.24) is 10.2 Å². The molecule has 0 unspecified atom stereocenters. The molecule has 0 saturated heterocycles. The van der Waals surface area contributed by atoms with Crippen LogP contribution >= 0.6 is 27.5 Å². The van der Waals surface area contributed by atoms with Crippen molar-refractivity contribution >= 4 is 55.1 Å². The maximum absolute atomic E-state index is 13.2. The minimum atomic E-state index is -3.77. The lowest BCUT2D eigenvalue weighted by Gasteiger charge is -2.31. The molecule has 1 atom stereocenters. The predicted molar refractivity (Wildman–Crippen MR) is 122 cm³/mol. The van der Waals surface area contributed by atoms with Gasteiger partial charge in [0.15, 0.2) is 0 Å². The van der Waals surface area contributed by atoms with Gasteiger partial charge in [-0.1, -0.05) is 45.7 Å². The van der Waals surface area contributed by atoms with Crippen LogP contribution in [0.5, 0.6) is 0 Å². The topological polar surface area (TPSA) is 86.8 Å². The molecule has 30 heavy (non-hydrogen) atoms. The van der Waals surface area contributed by atoms with Crippen LogP contribution in [0.3, 0.4) is 0 Å². The first-order valence-corrected chi connectivity index (χ1v) is 12.0. The lowest BCUT2D eigenvalue weighted by Crippen LogP contribution is -2.50. The highest BCUT2D eigenvalue weighted by Crippen LogP contribution is 2.22. The van der Waals surface area contributed by atoms with Crippen LogP contribution in [0, 0.1) is 0 Å². The van der Waals surface area contributed by atoms with E-state index >= 15 is 0 Å². The first-order chi connectivity index (χ1) is 14.0. The number of nitrogens with one attached hydrogen (secondary N) is 1. The third-order valence-corrected chi connectivity index (χ3v) is 6.36. The molecule has 2 aromatic carbocycles. The van der Waals surface area contributed by atoms with Crippen molar-refractivity contribution in [2.45, 2.75) is 19.5 Å². The van der Waals surface area contributed by atoms with E-state index < -0.39 is 28.5 Å². The number of nitrogens with zero attached hydrogens (tertiary/aromatic N) is 2. The minimum absolute atomic E-state index is 0.147. The van der Waals surface area contributed by atoms with Gasteiger partial charge >= 0.3 is 0 Å². The molecule has 0 aliphatic heterocycles. The number of anilines is 1. The van der Waals surface area contributed by atoms with Crippen LogP contribution in [0.4, 0.5) is 5.69 Å². The summed E-state index contributed by atoms with van der Waals surface area (Å²) in [5, 5.41) is 2.87. The first kappa shape index (κ1) is 24.2. The molecule has 0 aliphatic rings. The zero-order chi connectivity index (χ0) is 22.5. The molecule has 2 aromatic rings. The maximum atomic E-state index is 13.2. The van der Waals surface area contributed by atoms with E-state index in [0.29, 0.717) is 5.02 Å². The minimum Gasteiger partial charge on any atom is -0.357 e. The van der Waals surface area contributed by atoms with E-state index in [2.05, 4.69) is 21.2 Å². The normalized spacial score (nSPS) is 12.2. The highest BCUT2D eigenvalue weighted by molar-refractivity contribution is 9.10. The number of carbonyl (C=O) groups is 2. The molecular weight excluding hydrogens is 494 g/mol. The Morgan fingerprint density at radius 2 is 1.80 bits per heavy atom. The summed E-state index contributed by atoms with van der Waals surface area (Å²) >= 11 is 9.36.